The second kappa shape index (κ2) is 6.74. The zero-order valence-corrected chi connectivity index (χ0v) is 13.2. The number of thioether (sulfide) groups is 1. The monoisotopic (exact) mass is 313 g/mol. The molecule has 0 saturated carbocycles. The van der Waals surface area contributed by atoms with E-state index in [0.29, 0.717) is 5.25 Å². The van der Waals surface area contributed by atoms with Crippen LogP contribution in [0.5, 0.6) is 0 Å². The largest absolute Gasteiger partial charge is 0.259 e. The van der Waals surface area contributed by atoms with Crippen molar-refractivity contribution >= 4 is 35.3 Å². The molecule has 0 aliphatic heterocycles. The van der Waals surface area contributed by atoms with Crippen LogP contribution in [0.25, 0.3) is 12.2 Å². The second-order valence-electron chi connectivity index (χ2n) is 4.52. The predicted molar refractivity (Wildman–Crippen MR) is 90.3 cm³/mol. The molecule has 3 rings (SSSR count). The topological polar surface area (TPSA) is 41.6 Å². The molecular formula is C16H15N3S2. The van der Waals surface area contributed by atoms with Crippen molar-refractivity contribution in [3.05, 3.63) is 64.1 Å². The Morgan fingerprint density at radius 2 is 2.00 bits per heavy atom. The molecule has 3 aromatic rings. The molecule has 0 aliphatic carbocycles. The summed E-state index contributed by atoms with van der Waals surface area (Å²) in [4.78, 5) is 5.70. The molecule has 1 aromatic carbocycles. The molecule has 1 unspecified atom stereocenters. The summed E-state index contributed by atoms with van der Waals surface area (Å²) in [7, 11) is 0. The Balaban J connectivity index is 1.65. The third-order valence-corrected chi connectivity index (χ3v) is 4.84. The molecule has 3 nitrogen and oxygen atoms in total. The van der Waals surface area contributed by atoms with Crippen molar-refractivity contribution in [1.29, 1.82) is 0 Å². The molecular weight excluding hydrogens is 298 g/mol. The van der Waals surface area contributed by atoms with E-state index in [1.54, 1.807) is 23.1 Å². The van der Waals surface area contributed by atoms with Crippen LogP contribution < -0.4 is 0 Å². The number of rotatable bonds is 5. The first kappa shape index (κ1) is 14.1. The van der Waals surface area contributed by atoms with Gasteiger partial charge in [-0.3, -0.25) is 5.10 Å². The van der Waals surface area contributed by atoms with E-state index in [4.69, 9.17) is 0 Å². The summed E-state index contributed by atoms with van der Waals surface area (Å²) in [6, 6.07) is 14.5. The Morgan fingerprint density at radius 1 is 1.14 bits per heavy atom. The molecule has 106 valence electrons. The van der Waals surface area contributed by atoms with Gasteiger partial charge in [0, 0.05) is 10.1 Å². The lowest BCUT2D eigenvalue weighted by molar-refractivity contribution is 0.959. The highest BCUT2D eigenvalue weighted by Gasteiger charge is 2.10. The highest BCUT2D eigenvalue weighted by Crippen LogP contribution is 2.32. The molecule has 2 heterocycles. The lowest BCUT2D eigenvalue weighted by Gasteiger charge is -2.07. The van der Waals surface area contributed by atoms with Crippen molar-refractivity contribution in [2.24, 2.45) is 0 Å². The number of hydrogen-bond donors (Lipinski definition) is 1. The summed E-state index contributed by atoms with van der Waals surface area (Å²) in [5.74, 6) is 0.783. The Labute approximate surface area is 132 Å². The molecule has 0 aliphatic rings. The quantitative estimate of drug-likeness (QED) is 0.682. The lowest BCUT2D eigenvalue weighted by atomic mass is 10.2. The number of thiophene rings is 1. The third-order valence-electron chi connectivity index (χ3n) is 2.98. The van der Waals surface area contributed by atoms with Crippen LogP contribution in [0.3, 0.4) is 0 Å². The van der Waals surface area contributed by atoms with Crippen LogP contribution in [0, 0.1) is 0 Å². The average Bonchev–Trinajstić information content (AvgIpc) is 3.17. The van der Waals surface area contributed by atoms with Gasteiger partial charge in [-0.05, 0) is 36.1 Å². The van der Waals surface area contributed by atoms with Gasteiger partial charge in [0.05, 0.1) is 0 Å². The minimum atomic E-state index is 0.330. The van der Waals surface area contributed by atoms with E-state index in [2.05, 4.69) is 57.8 Å². The molecule has 2 aromatic heterocycles. The van der Waals surface area contributed by atoms with Gasteiger partial charge in [-0.25, -0.2) is 4.98 Å². The zero-order chi connectivity index (χ0) is 14.5. The van der Waals surface area contributed by atoms with Gasteiger partial charge in [-0.2, -0.15) is 0 Å². The van der Waals surface area contributed by atoms with Crippen LogP contribution in [0.15, 0.2) is 53.0 Å². The number of nitrogens with one attached hydrogen (secondary N) is 1. The summed E-state index contributed by atoms with van der Waals surface area (Å²) in [5.41, 5.74) is 1.28. The fourth-order valence-corrected chi connectivity index (χ4v) is 3.36. The van der Waals surface area contributed by atoms with E-state index in [1.807, 2.05) is 24.3 Å². The average molecular weight is 313 g/mol. The minimum Gasteiger partial charge on any atom is -0.259 e. The van der Waals surface area contributed by atoms with Gasteiger partial charge in [0.2, 0.25) is 5.16 Å². The lowest BCUT2D eigenvalue weighted by Crippen LogP contribution is -1.88. The van der Waals surface area contributed by atoms with Crippen LogP contribution >= 0.6 is 23.1 Å². The van der Waals surface area contributed by atoms with E-state index in [1.165, 1.54) is 10.4 Å². The third kappa shape index (κ3) is 3.83. The number of hydrogen-bond acceptors (Lipinski definition) is 4. The van der Waals surface area contributed by atoms with Gasteiger partial charge in [0.15, 0.2) is 0 Å². The van der Waals surface area contributed by atoms with Crippen molar-refractivity contribution in [2.45, 2.75) is 17.3 Å². The van der Waals surface area contributed by atoms with Gasteiger partial charge >= 0.3 is 0 Å². The van der Waals surface area contributed by atoms with Crippen molar-refractivity contribution in [3.8, 4) is 0 Å². The molecule has 5 heteroatoms. The molecule has 1 atom stereocenters. The first-order valence-electron chi connectivity index (χ1n) is 6.67. The van der Waals surface area contributed by atoms with Gasteiger partial charge < -0.3 is 0 Å². The molecule has 0 saturated heterocycles. The van der Waals surface area contributed by atoms with E-state index in [0.717, 1.165) is 11.0 Å². The number of nitrogens with zero attached hydrogens (tertiary/aromatic N) is 2. The molecule has 0 bridgehead atoms. The minimum absolute atomic E-state index is 0.330. The molecule has 1 N–H and O–H groups in total. The van der Waals surface area contributed by atoms with Crippen molar-refractivity contribution < 1.29 is 0 Å². The summed E-state index contributed by atoms with van der Waals surface area (Å²) in [6.07, 6.45) is 4.00. The second-order valence-corrected chi connectivity index (χ2v) is 6.81. The normalized spacial score (nSPS) is 12.8. The van der Waals surface area contributed by atoms with E-state index in [9.17, 15) is 0 Å². The Kier molecular flexibility index (Phi) is 4.52. The van der Waals surface area contributed by atoms with E-state index >= 15 is 0 Å². The summed E-state index contributed by atoms with van der Waals surface area (Å²) >= 11 is 3.36. The highest BCUT2D eigenvalue weighted by molar-refractivity contribution is 7.99. The molecule has 0 fully saturated rings. The van der Waals surface area contributed by atoms with Crippen LogP contribution in [0.2, 0.25) is 0 Å². The number of H-pyrrole nitrogens is 1. The molecule has 0 spiro atoms. The standard InChI is InChI=1S/C16H15N3S2/c1-12(13-6-3-2-4-7-13)21-16-17-15(18-19-16)10-9-14-8-5-11-20-14/h2-12H,1H3,(H,17,18,19)/b10-9+. The first-order chi connectivity index (χ1) is 10.3. The van der Waals surface area contributed by atoms with E-state index in [-0.39, 0.29) is 0 Å². The number of aromatic amines is 1. The first-order valence-corrected chi connectivity index (χ1v) is 8.43. The van der Waals surface area contributed by atoms with Gasteiger partial charge in [0.25, 0.3) is 0 Å². The van der Waals surface area contributed by atoms with E-state index < -0.39 is 0 Å². The van der Waals surface area contributed by atoms with Gasteiger partial charge in [0.1, 0.15) is 5.82 Å². The number of aromatic nitrogens is 3. The summed E-state index contributed by atoms with van der Waals surface area (Å²) in [6.45, 7) is 2.16. The molecule has 0 amide bonds. The van der Waals surface area contributed by atoms with Crippen LogP contribution in [-0.4, -0.2) is 15.2 Å². The maximum Gasteiger partial charge on any atom is 0.209 e. The smallest absolute Gasteiger partial charge is 0.209 e. The van der Waals surface area contributed by atoms with Crippen molar-refractivity contribution in [1.82, 2.24) is 15.2 Å². The zero-order valence-electron chi connectivity index (χ0n) is 11.6. The highest BCUT2D eigenvalue weighted by atomic mass is 32.2. The summed E-state index contributed by atoms with van der Waals surface area (Å²) < 4.78 is 0. The molecule has 0 radical (unpaired) electrons. The Bertz CT molecular complexity index is 702. The predicted octanol–water partition coefficient (Wildman–Crippen LogP) is 4.89. The fourth-order valence-electron chi connectivity index (χ4n) is 1.88. The number of benzene rings is 1. The fraction of sp³-hybridized carbons (Fsp3) is 0.125. The maximum absolute atomic E-state index is 4.49. The van der Waals surface area contributed by atoms with Crippen LogP contribution in [-0.2, 0) is 0 Å². The van der Waals surface area contributed by atoms with Gasteiger partial charge in [-0.1, -0.05) is 48.2 Å². The van der Waals surface area contributed by atoms with Crippen molar-refractivity contribution in [2.75, 3.05) is 0 Å². The van der Waals surface area contributed by atoms with Gasteiger partial charge in [-0.15, -0.1) is 16.4 Å². The van der Waals surface area contributed by atoms with Crippen LogP contribution in [0.1, 0.15) is 28.4 Å². The Morgan fingerprint density at radius 3 is 2.76 bits per heavy atom. The summed E-state index contributed by atoms with van der Waals surface area (Å²) in [5, 5.41) is 10.4. The maximum atomic E-state index is 4.49. The van der Waals surface area contributed by atoms with Crippen LogP contribution in [0.4, 0.5) is 0 Å². The van der Waals surface area contributed by atoms with Crippen molar-refractivity contribution in [3.63, 3.8) is 0 Å². The SMILES string of the molecule is CC(Sc1n[nH]c(/C=C/c2cccs2)n1)c1ccccc1. The Hall–Kier alpha value is -1.85. The molecule has 21 heavy (non-hydrogen) atoms.